The van der Waals surface area contributed by atoms with Crippen LogP contribution < -0.4 is 15.4 Å². The molecule has 1 aliphatic carbocycles. The number of urea groups is 1. The summed E-state index contributed by atoms with van der Waals surface area (Å²) in [5.74, 6) is 1.03. The molecule has 1 heterocycles. The van der Waals surface area contributed by atoms with E-state index in [1.165, 1.54) is 0 Å². The molecule has 1 atom stereocenters. The first-order valence-corrected chi connectivity index (χ1v) is 10.8. The van der Waals surface area contributed by atoms with E-state index < -0.39 is 0 Å². The third kappa shape index (κ3) is 5.12. The highest BCUT2D eigenvalue weighted by molar-refractivity contribution is 5.94. The second-order valence-electron chi connectivity index (χ2n) is 8.05. The summed E-state index contributed by atoms with van der Waals surface area (Å²) >= 11 is 0. The molecule has 2 aromatic rings. The number of carbonyl (C=O) groups excluding carboxylic acids is 2. The summed E-state index contributed by atoms with van der Waals surface area (Å²) in [6.07, 6.45) is 4.11. The molecule has 1 unspecified atom stereocenters. The van der Waals surface area contributed by atoms with E-state index >= 15 is 0 Å². The van der Waals surface area contributed by atoms with Crippen LogP contribution in [0, 0.1) is 0 Å². The van der Waals surface area contributed by atoms with Crippen LogP contribution in [0.3, 0.4) is 0 Å². The molecule has 2 aromatic carbocycles. The van der Waals surface area contributed by atoms with Gasteiger partial charge >= 0.3 is 6.03 Å². The Morgan fingerprint density at radius 3 is 2.63 bits per heavy atom. The summed E-state index contributed by atoms with van der Waals surface area (Å²) in [6.45, 7) is 3.94. The van der Waals surface area contributed by atoms with Crippen molar-refractivity contribution in [2.45, 2.75) is 44.6 Å². The summed E-state index contributed by atoms with van der Waals surface area (Å²) in [4.78, 5) is 27.0. The van der Waals surface area contributed by atoms with Crippen LogP contribution in [-0.4, -0.2) is 42.6 Å². The number of amides is 3. The lowest BCUT2D eigenvalue weighted by Gasteiger charge is -2.33. The van der Waals surface area contributed by atoms with E-state index in [1.54, 1.807) is 0 Å². The van der Waals surface area contributed by atoms with E-state index in [9.17, 15) is 9.59 Å². The van der Waals surface area contributed by atoms with E-state index in [1.807, 2.05) is 54.3 Å². The molecular weight excluding hydrogens is 378 g/mol. The van der Waals surface area contributed by atoms with Gasteiger partial charge in [-0.05, 0) is 74.6 Å². The van der Waals surface area contributed by atoms with Crippen LogP contribution in [0.1, 0.15) is 54.4 Å². The molecule has 1 saturated carbocycles. The van der Waals surface area contributed by atoms with Crippen LogP contribution in [0.25, 0.3) is 0 Å². The number of anilines is 1. The van der Waals surface area contributed by atoms with Crippen molar-refractivity contribution < 1.29 is 14.3 Å². The minimum absolute atomic E-state index is 0.000239. The second kappa shape index (κ2) is 9.20. The predicted molar refractivity (Wildman–Crippen MR) is 117 cm³/mol. The van der Waals surface area contributed by atoms with Gasteiger partial charge in [-0.3, -0.25) is 4.79 Å². The van der Waals surface area contributed by atoms with Gasteiger partial charge in [0.1, 0.15) is 5.75 Å². The standard InChI is InChI=1S/C24H29N3O3/c1-2-30-22-12-10-21(11-13-22)26-24(29)27-14-4-7-19(16-27)17-5-3-6-18(15-17)23(28)25-20-8-9-20/h3,5-6,10-13,15,19-20H,2,4,7-9,14,16H2,1H3,(H,25,28)(H,26,29). The first-order chi connectivity index (χ1) is 14.6. The Morgan fingerprint density at radius 2 is 1.90 bits per heavy atom. The normalized spacial score (nSPS) is 18.6. The summed E-state index contributed by atoms with van der Waals surface area (Å²) in [6, 6.07) is 15.5. The predicted octanol–water partition coefficient (Wildman–Crippen LogP) is 4.39. The number of nitrogens with zero attached hydrogens (tertiary/aromatic N) is 1. The quantitative estimate of drug-likeness (QED) is 0.746. The average molecular weight is 408 g/mol. The summed E-state index contributed by atoms with van der Waals surface area (Å²) in [7, 11) is 0. The summed E-state index contributed by atoms with van der Waals surface area (Å²) < 4.78 is 5.44. The van der Waals surface area contributed by atoms with Crippen molar-refractivity contribution in [3.63, 3.8) is 0 Å². The second-order valence-corrected chi connectivity index (χ2v) is 8.05. The maximum Gasteiger partial charge on any atom is 0.321 e. The Kier molecular flexibility index (Phi) is 6.21. The minimum Gasteiger partial charge on any atom is -0.494 e. The fourth-order valence-corrected chi connectivity index (χ4v) is 3.87. The number of hydrogen-bond donors (Lipinski definition) is 2. The van der Waals surface area contributed by atoms with E-state index in [0.717, 1.165) is 49.2 Å². The van der Waals surface area contributed by atoms with Crippen molar-refractivity contribution in [3.05, 3.63) is 59.7 Å². The summed E-state index contributed by atoms with van der Waals surface area (Å²) in [5, 5.41) is 6.02. The van der Waals surface area contributed by atoms with Crippen molar-refractivity contribution >= 4 is 17.6 Å². The van der Waals surface area contributed by atoms with E-state index in [2.05, 4.69) is 16.7 Å². The van der Waals surface area contributed by atoms with Gasteiger partial charge in [0, 0.05) is 36.3 Å². The molecule has 6 nitrogen and oxygen atoms in total. The smallest absolute Gasteiger partial charge is 0.321 e. The van der Waals surface area contributed by atoms with Crippen molar-refractivity contribution in [3.8, 4) is 5.75 Å². The van der Waals surface area contributed by atoms with Gasteiger partial charge in [0.2, 0.25) is 0 Å². The van der Waals surface area contributed by atoms with Crippen molar-refractivity contribution in [1.29, 1.82) is 0 Å². The molecule has 30 heavy (non-hydrogen) atoms. The molecule has 1 aliphatic heterocycles. The molecule has 2 N–H and O–H groups in total. The maximum atomic E-state index is 12.8. The first kappa shape index (κ1) is 20.3. The Hall–Kier alpha value is -3.02. The molecule has 0 bridgehead atoms. The van der Waals surface area contributed by atoms with Crippen LogP contribution in [0.4, 0.5) is 10.5 Å². The molecule has 2 fully saturated rings. The highest BCUT2D eigenvalue weighted by Crippen LogP contribution is 2.28. The van der Waals surface area contributed by atoms with Crippen molar-refractivity contribution in [2.24, 2.45) is 0 Å². The number of likely N-dealkylation sites (tertiary alicyclic amines) is 1. The molecule has 3 amide bonds. The van der Waals surface area contributed by atoms with Gasteiger partial charge in [-0.15, -0.1) is 0 Å². The fraction of sp³-hybridized carbons (Fsp3) is 0.417. The SMILES string of the molecule is CCOc1ccc(NC(=O)N2CCCC(c3cccc(C(=O)NC4CC4)c3)C2)cc1. The van der Waals surface area contributed by atoms with Gasteiger partial charge in [-0.2, -0.15) is 0 Å². The molecule has 2 aliphatic rings. The number of piperidine rings is 1. The zero-order valence-electron chi connectivity index (χ0n) is 17.4. The number of nitrogens with one attached hydrogen (secondary N) is 2. The molecular formula is C24H29N3O3. The van der Waals surface area contributed by atoms with Gasteiger partial charge in [-0.1, -0.05) is 12.1 Å². The van der Waals surface area contributed by atoms with Gasteiger partial charge in [-0.25, -0.2) is 4.79 Å². The number of rotatable bonds is 6. The maximum absolute atomic E-state index is 12.8. The molecule has 4 rings (SSSR count). The molecule has 0 aromatic heterocycles. The zero-order valence-corrected chi connectivity index (χ0v) is 17.4. The zero-order chi connectivity index (χ0) is 20.9. The van der Waals surface area contributed by atoms with Gasteiger partial charge < -0.3 is 20.3 Å². The van der Waals surface area contributed by atoms with Gasteiger partial charge in [0.05, 0.1) is 6.61 Å². The Bertz CT molecular complexity index is 893. The fourth-order valence-electron chi connectivity index (χ4n) is 3.87. The van der Waals surface area contributed by atoms with Crippen LogP contribution in [0.15, 0.2) is 48.5 Å². The number of hydrogen-bond acceptors (Lipinski definition) is 3. The van der Waals surface area contributed by atoms with Crippen LogP contribution in [0.2, 0.25) is 0 Å². The largest absolute Gasteiger partial charge is 0.494 e. The average Bonchev–Trinajstić information content (AvgIpc) is 3.59. The monoisotopic (exact) mass is 407 g/mol. The van der Waals surface area contributed by atoms with E-state index in [4.69, 9.17) is 4.74 Å². The number of benzene rings is 2. The lowest BCUT2D eigenvalue weighted by Crippen LogP contribution is -2.41. The molecule has 0 spiro atoms. The van der Waals surface area contributed by atoms with Crippen LogP contribution >= 0.6 is 0 Å². The Balaban J connectivity index is 1.37. The number of ether oxygens (including phenoxy) is 1. The van der Waals surface area contributed by atoms with Crippen LogP contribution in [-0.2, 0) is 0 Å². The van der Waals surface area contributed by atoms with Crippen LogP contribution in [0.5, 0.6) is 5.75 Å². The minimum atomic E-state index is -0.0912. The molecule has 0 radical (unpaired) electrons. The lowest BCUT2D eigenvalue weighted by molar-refractivity contribution is 0.0950. The Labute approximate surface area is 177 Å². The molecule has 158 valence electrons. The third-order valence-corrected chi connectivity index (χ3v) is 5.66. The Morgan fingerprint density at radius 1 is 1.10 bits per heavy atom. The van der Waals surface area contributed by atoms with E-state index in [0.29, 0.717) is 24.8 Å². The first-order valence-electron chi connectivity index (χ1n) is 10.8. The van der Waals surface area contributed by atoms with Gasteiger partial charge in [0.25, 0.3) is 5.91 Å². The van der Waals surface area contributed by atoms with Crippen molar-refractivity contribution in [2.75, 3.05) is 25.0 Å². The summed E-state index contributed by atoms with van der Waals surface area (Å²) in [5.41, 5.74) is 2.58. The number of carbonyl (C=O) groups is 2. The lowest BCUT2D eigenvalue weighted by atomic mass is 9.89. The molecule has 1 saturated heterocycles. The highest BCUT2D eigenvalue weighted by atomic mass is 16.5. The third-order valence-electron chi connectivity index (χ3n) is 5.66. The topological polar surface area (TPSA) is 70.7 Å². The van der Waals surface area contributed by atoms with Gasteiger partial charge in [0.15, 0.2) is 0 Å². The highest BCUT2D eigenvalue weighted by Gasteiger charge is 2.27. The van der Waals surface area contributed by atoms with Crippen molar-refractivity contribution in [1.82, 2.24) is 10.2 Å². The van der Waals surface area contributed by atoms with E-state index in [-0.39, 0.29) is 17.9 Å². The molecule has 6 heteroatoms.